The Balaban J connectivity index is 1.64. The minimum absolute atomic E-state index is 0.00198. The van der Waals surface area contributed by atoms with Gasteiger partial charge in [-0.05, 0) is 56.5 Å². The fourth-order valence-electron chi connectivity index (χ4n) is 6.26. The molecule has 5 rings (SSSR count). The van der Waals surface area contributed by atoms with Crippen molar-refractivity contribution in [3.05, 3.63) is 40.8 Å². The van der Waals surface area contributed by atoms with Crippen molar-refractivity contribution in [1.29, 1.82) is 0 Å². The maximum atomic E-state index is 13.4. The number of ketones is 1. The average Bonchev–Trinajstić information content (AvgIpc) is 3.53. The topological polar surface area (TPSA) is 93.2 Å². The quantitative estimate of drug-likeness (QED) is 0.356. The van der Waals surface area contributed by atoms with E-state index in [1.807, 2.05) is 34.5 Å². The van der Waals surface area contributed by atoms with Crippen molar-refractivity contribution in [2.45, 2.75) is 37.8 Å². The fraction of sp³-hybridized carbons (Fsp3) is 0.462. The number of benzene rings is 1. The number of nitrogens with zero attached hydrogens (tertiary/aromatic N) is 2. The van der Waals surface area contributed by atoms with Gasteiger partial charge in [0.2, 0.25) is 11.8 Å². The fourth-order valence-corrected chi connectivity index (χ4v) is 7.24. The van der Waals surface area contributed by atoms with Crippen LogP contribution in [0.1, 0.15) is 48.1 Å². The molecular formula is C26H28N2O6S. The largest absolute Gasteiger partial charge is 0.496 e. The van der Waals surface area contributed by atoms with Crippen LogP contribution in [0.4, 0.5) is 0 Å². The second-order valence-corrected chi connectivity index (χ2v) is 10.4. The number of likely N-dealkylation sites (tertiary alicyclic amines) is 1. The van der Waals surface area contributed by atoms with Gasteiger partial charge in [-0.15, -0.1) is 11.3 Å². The molecule has 2 aromatic rings. The number of carbonyl (C=O) groups excluding carboxylic acids is 4. The van der Waals surface area contributed by atoms with Gasteiger partial charge in [0.25, 0.3) is 0 Å². The van der Waals surface area contributed by atoms with E-state index in [4.69, 9.17) is 9.47 Å². The molecule has 3 aliphatic heterocycles. The predicted molar refractivity (Wildman–Crippen MR) is 129 cm³/mol. The number of imide groups is 1. The standard InChI is InChI=1S/C26H28N2O6S/c1-14(29)16-12-19(35-13-16)17-8-7-15(11-18(17)33-3)22-20-21(24(31)27(2)23(20)30)26(25(32)34-4)9-5-6-10-28(22)26/h7-8,11-13,20-22H,5-6,9-10H2,1-4H3/t20?,21?,22?,26-/m0/s1. The van der Waals surface area contributed by atoms with E-state index < -0.39 is 29.4 Å². The average molecular weight is 497 g/mol. The number of thiophene rings is 1. The summed E-state index contributed by atoms with van der Waals surface area (Å²) in [5, 5.41) is 1.82. The van der Waals surface area contributed by atoms with Gasteiger partial charge in [-0.1, -0.05) is 6.07 Å². The molecule has 4 heterocycles. The molecule has 8 nitrogen and oxygen atoms in total. The van der Waals surface area contributed by atoms with Crippen molar-refractivity contribution in [3.63, 3.8) is 0 Å². The molecule has 0 spiro atoms. The second kappa shape index (κ2) is 8.57. The molecule has 0 bridgehead atoms. The number of amides is 2. The van der Waals surface area contributed by atoms with Gasteiger partial charge in [-0.25, -0.2) is 0 Å². The van der Waals surface area contributed by atoms with E-state index in [0.29, 0.717) is 24.3 Å². The van der Waals surface area contributed by atoms with Crippen LogP contribution in [0.5, 0.6) is 5.75 Å². The van der Waals surface area contributed by atoms with E-state index in [0.717, 1.165) is 28.8 Å². The molecule has 3 saturated heterocycles. The van der Waals surface area contributed by atoms with Crippen molar-refractivity contribution in [2.75, 3.05) is 27.8 Å². The zero-order chi connectivity index (χ0) is 25.1. The number of hydrogen-bond acceptors (Lipinski definition) is 8. The van der Waals surface area contributed by atoms with Crippen LogP contribution in [0, 0.1) is 11.8 Å². The molecule has 1 aromatic carbocycles. The smallest absolute Gasteiger partial charge is 0.327 e. The number of ether oxygens (including phenoxy) is 2. The van der Waals surface area contributed by atoms with E-state index in [1.54, 1.807) is 7.11 Å². The molecule has 3 unspecified atom stereocenters. The predicted octanol–water partition coefficient (Wildman–Crippen LogP) is 3.31. The van der Waals surface area contributed by atoms with Crippen LogP contribution in [-0.4, -0.2) is 66.7 Å². The normalized spacial score (nSPS) is 28.1. The van der Waals surface area contributed by atoms with Crippen molar-refractivity contribution >= 4 is 34.9 Å². The van der Waals surface area contributed by atoms with Crippen LogP contribution in [-0.2, 0) is 19.1 Å². The van der Waals surface area contributed by atoms with E-state index in [9.17, 15) is 19.2 Å². The summed E-state index contributed by atoms with van der Waals surface area (Å²) in [4.78, 5) is 55.8. The first-order valence-electron chi connectivity index (χ1n) is 11.7. The first kappa shape index (κ1) is 23.7. The molecule has 184 valence electrons. The molecule has 0 aliphatic carbocycles. The van der Waals surface area contributed by atoms with Crippen LogP contribution in [0.3, 0.4) is 0 Å². The van der Waals surface area contributed by atoms with Crippen molar-refractivity contribution in [1.82, 2.24) is 9.80 Å². The van der Waals surface area contributed by atoms with Crippen molar-refractivity contribution in [3.8, 4) is 16.2 Å². The molecule has 1 aromatic heterocycles. The maximum Gasteiger partial charge on any atom is 0.327 e. The summed E-state index contributed by atoms with van der Waals surface area (Å²) in [5.74, 6) is -1.89. The molecule has 35 heavy (non-hydrogen) atoms. The number of esters is 1. The summed E-state index contributed by atoms with van der Waals surface area (Å²) in [7, 11) is 4.41. The Morgan fingerprint density at radius 2 is 1.89 bits per heavy atom. The Morgan fingerprint density at radius 1 is 1.11 bits per heavy atom. The molecule has 0 saturated carbocycles. The van der Waals surface area contributed by atoms with Gasteiger partial charge < -0.3 is 9.47 Å². The lowest BCUT2D eigenvalue weighted by Gasteiger charge is -2.44. The highest BCUT2D eigenvalue weighted by Gasteiger charge is 2.72. The molecule has 2 amide bonds. The lowest BCUT2D eigenvalue weighted by atomic mass is 9.75. The third-order valence-corrected chi connectivity index (χ3v) is 8.82. The number of hydrogen-bond donors (Lipinski definition) is 0. The van der Waals surface area contributed by atoms with E-state index in [-0.39, 0.29) is 17.6 Å². The monoisotopic (exact) mass is 496 g/mol. The number of methoxy groups -OCH3 is 2. The highest BCUT2D eigenvalue weighted by molar-refractivity contribution is 7.13. The molecular weight excluding hydrogens is 468 g/mol. The highest BCUT2D eigenvalue weighted by atomic mass is 32.1. The Hall–Kier alpha value is -3.04. The molecule has 9 heteroatoms. The SMILES string of the molecule is COC(=O)[C@@]12CCCCN1C(c1ccc(-c3cc(C(C)=O)cs3)c(OC)c1)C1C(=O)N(C)C(=O)C12. The van der Waals surface area contributed by atoms with Gasteiger partial charge in [0, 0.05) is 34.5 Å². The molecule has 4 atom stereocenters. The van der Waals surface area contributed by atoms with Gasteiger partial charge >= 0.3 is 5.97 Å². The number of fused-ring (bicyclic) bond motifs is 3. The summed E-state index contributed by atoms with van der Waals surface area (Å²) in [6, 6.07) is 7.13. The number of piperidine rings is 1. The lowest BCUT2D eigenvalue weighted by Crippen LogP contribution is -2.59. The first-order chi connectivity index (χ1) is 16.8. The minimum atomic E-state index is -1.16. The minimum Gasteiger partial charge on any atom is -0.496 e. The van der Waals surface area contributed by atoms with Crippen LogP contribution in [0.2, 0.25) is 0 Å². The lowest BCUT2D eigenvalue weighted by molar-refractivity contribution is -0.163. The van der Waals surface area contributed by atoms with Gasteiger partial charge in [0.1, 0.15) is 11.3 Å². The van der Waals surface area contributed by atoms with E-state index >= 15 is 0 Å². The number of Topliss-reactive ketones (excluding diaryl/α,β-unsaturated/α-hetero) is 1. The zero-order valence-electron chi connectivity index (χ0n) is 20.2. The Morgan fingerprint density at radius 3 is 2.54 bits per heavy atom. The maximum absolute atomic E-state index is 13.4. The summed E-state index contributed by atoms with van der Waals surface area (Å²) >= 11 is 1.46. The molecule has 0 radical (unpaired) electrons. The summed E-state index contributed by atoms with van der Waals surface area (Å²) < 4.78 is 11.0. The van der Waals surface area contributed by atoms with Crippen LogP contribution in [0.15, 0.2) is 29.6 Å². The Bertz CT molecular complexity index is 1240. The molecule has 3 aliphatic rings. The number of rotatable bonds is 5. The van der Waals surface area contributed by atoms with E-state index in [1.165, 1.54) is 37.3 Å². The Labute approximate surface area is 207 Å². The van der Waals surface area contributed by atoms with Crippen molar-refractivity contribution < 1.29 is 28.7 Å². The van der Waals surface area contributed by atoms with Crippen LogP contribution >= 0.6 is 11.3 Å². The van der Waals surface area contributed by atoms with Gasteiger partial charge in [0.05, 0.1) is 26.1 Å². The van der Waals surface area contributed by atoms with Gasteiger partial charge in [0.15, 0.2) is 5.78 Å². The van der Waals surface area contributed by atoms with Crippen LogP contribution in [0.25, 0.3) is 10.4 Å². The molecule has 3 fully saturated rings. The van der Waals surface area contributed by atoms with Gasteiger partial charge in [-0.3, -0.25) is 29.0 Å². The highest BCUT2D eigenvalue weighted by Crippen LogP contribution is 2.58. The summed E-state index contributed by atoms with van der Waals surface area (Å²) in [6.07, 6.45) is 2.12. The summed E-state index contributed by atoms with van der Waals surface area (Å²) in [5.41, 5.74) is 1.14. The molecule has 0 N–H and O–H groups in total. The van der Waals surface area contributed by atoms with E-state index in [2.05, 4.69) is 0 Å². The first-order valence-corrected chi connectivity index (χ1v) is 12.6. The second-order valence-electron chi connectivity index (χ2n) is 9.47. The Kier molecular flexibility index (Phi) is 5.80. The van der Waals surface area contributed by atoms with Crippen LogP contribution < -0.4 is 4.74 Å². The van der Waals surface area contributed by atoms with Crippen molar-refractivity contribution in [2.24, 2.45) is 11.8 Å². The number of carbonyl (C=O) groups is 4. The zero-order valence-corrected chi connectivity index (χ0v) is 21.0. The summed E-state index contributed by atoms with van der Waals surface area (Å²) in [6.45, 7) is 2.12. The van der Waals surface area contributed by atoms with Gasteiger partial charge in [-0.2, -0.15) is 0 Å². The third-order valence-electron chi connectivity index (χ3n) is 7.86. The third kappa shape index (κ3) is 3.28.